The maximum atomic E-state index is 12.4. The Kier molecular flexibility index (Phi) is 6.85. The lowest BCUT2D eigenvalue weighted by Gasteiger charge is -2.27. The SMILES string of the molecule is CC[C@@H](C)N(Cc1ccc(OS(=O)(=O)c2ccc(OC)cc2)cc1)C(C)=O. The zero-order chi connectivity index (χ0) is 20.0. The number of hydrogen-bond donors (Lipinski definition) is 0. The predicted molar refractivity (Wildman–Crippen MR) is 103 cm³/mol. The second-order valence-corrected chi connectivity index (χ2v) is 7.81. The van der Waals surface area contributed by atoms with Gasteiger partial charge in [0, 0.05) is 19.5 Å². The van der Waals surface area contributed by atoms with Gasteiger partial charge < -0.3 is 13.8 Å². The zero-order valence-corrected chi connectivity index (χ0v) is 16.8. The van der Waals surface area contributed by atoms with Crippen molar-refractivity contribution in [2.24, 2.45) is 0 Å². The minimum absolute atomic E-state index is 0.00626. The van der Waals surface area contributed by atoms with E-state index in [4.69, 9.17) is 8.92 Å². The first-order chi connectivity index (χ1) is 12.8. The number of methoxy groups -OCH3 is 1. The third-order valence-corrected chi connectivity index (χ3v) is 5.62. The van der Waals surface area contributed by atoms with Crippen LogP contribution in [0.2, 0.25) is 0 Å². The molecule has 1 atom stereocenters. The molecule has 6 nitrogen and oxygen atoms in total. The normalized spacial score (nSPS) is 12.3. The van der Waals surface area contributed by atoms with Crippen molar-refractivity contribution in [3.05, 3.63) is 54.1 Å². The van der Waals surface area contributed by atoms with Gasteiger partial charge in [0.1, 0.15) is 16.4 Å². The second kappa shape index (κ2) is 8.90. The van der Waals surface area contributed by atoms with Gasteiger partial charge in [0.15, 0.2) is 0 Å². The van der Waals surface area contributed by atoms with E-state index in [2.05, 4.69) is 0 Å². The number of benzene rings is 2. The maximum absolute atomic E-state index is 12.4. The smallest absolute Gasteiger partial charge is 0.339 e. The Hall–Kier alpha value is -2.54. The van der Waals surface area contributed by atoms with Crippen LogP contribution in [0.5, 0.6) is 11.5 Å². The summed E-state index contributed by atoms with van der Waals surface area (Å²) in [6.45, 7) is 6.04. The van der Waals surface area contributed by atoms with E-state index in [1.165, 1.54) is 19.2 Å². The predicted octanol–water partition coefficient (Wildman–Crippen LogP) is 3.61. The van der Waals surface area contributed by atoms with Crippen molar-refractivity contribution in [1.29, 1.82) is 0 Å². The lowest BCUT2D eigenvalue weighted by Crippen LogP contribution is -2.36. The molecule has 2 rings (SSSR count). The van der Waals surface area contributed by atoms with Gasteiger partial charge >= 0.3 is 10.1 Å². The number of nitrogens with zero attached hydrogens (tertiary/aromatic N) is 1. The zero-order valence-electron chi connectivity index (χ0n) is 16.0. The highest BCUT2D eigenvalue weighted by Gasteiger charge is 2.18. The van der Waals surface area contributed by atoms with E-state index in [1.807, 2.05) is 13.8 Å². The van der Waals surface area contributed by atoms with Crippen LogP contribution in [0, 0.1) is 0 Å². The maximum Gasteiger partial charge on any atom is 0.339 e. The molecule has 0 aliphatic heterocycles. The first kappa shape index (κ1) is 20.8. The summed E-state index contributed by atoms with van der Waals surface area (Å²) >= 11 is 0. The Morgan fingerprint density at radius 3 is 2.07 bits per heavy atom. The number of ether oxygens (including phenoxy) is 1. The fourth-order valence-electron chi connectivity index (χ4n) is 2.56. The monoisotopic (exact) mass is 391 g/mol. The molecule has 0 aromatic heterocycles. The molecule has 1 amide bonds. The van der Waals surface area contributed by atoms with Gasteiger partial charge in [0.25, 0.3) is 0 Å². The molecule has 0 heterocycles. The summed E-state index contributed by atoms with van der Waals surface area (Å²) in [4.78, 5) is 13.6. The van der Waals surface area contributed by atoms with Gasteiger partial charge in [-0.15, -0.1) is 0 Å². The molecule has 0 bridgehead atoms. The molecule has 7 heteroatoms. The Balaban J connectivity index is 2.11. The first-order valence-corrected chi connectivity index (χ1v) is 10.1. The van der Waals surface area contributed by atoms with Crippen LogP contribution in [0.25, 0.3) is 0 Å². The first-order valence-electron chi connectivity index (χ1n) is 8.71. The molecule has 2 aromatic rings. The highest BCUT2D eigenvalue weighted by atomic mass is 32.2. The number of carbonyl (C=O) groups excluding carboxylic acids is 1. The van der Waals surface area contributed by atoms with Crippen LogP contribution in [-0.2, 0) is 21.5 Å². The average Bonchev–Trinajstić information content (AvgIpc) is 2.66. The fourth-order valence-corrected chi connectivity index (χ4v) is 3.49. The molecule has 0 aliphatic rings. The summed E-state index contributed by atoms with van der Waals surface area (Å²) < 4.78 is 34.9. The van der Waals surface area contributed by atoms with Gasteiger partial charge in [-0.05, 0) is 55.3 Å². The van der Waals surface area contributed by atoms with Crippen molar-refractivity contribution >= 4 is 16.0 Å². The van der Waals surface area contributed by atoms with Crippen LogP contribution in [0.3, 0.4) is 0 Å². The quantitative estimate of drug-likeness (QED) is 0.643. The lowest BCUT2D eigenvalue weighted by atomic mass is 10.1. The van der Waals surface area contributed by atoms with E-state index in [9.17, 15) is 13.2 Å². The van der Waals surface area contributed by atoms with E-state index < -0.39 is 10.1 Å². The molecule has 0 aliphatic carbocycles. The largest absolute Gasteiger partial charge is 0.497 e. The standard InChI is InChI=1S/C20H25NO5S/c1-5-15(2)21(16(3)22)14-17-6-8-19(9-7-17)26-27(23,24)20-12-10-18(25-4)11-13-20/h6-13,15H,5,14H2,1-4H3/t15-/m1/s1. The van der Waals surface area contributed by atoms with Gasteiger partial charge in [-0.3, -0.25) is 4.79 Å². The highest BCUT2D eigenvalue weighted by Crippen LogP contribution is 2.22. The van der Waals surface area contributed by atoms with Crippen molar-refractivity contribution in [3.8, 4) is 11.5 Å². The van der Waals surface area contributed by atoms with E-state index in [1.54, 1.807) is 48.2 Å². The summed E-state index contributed by atoms with van der Waals surface area (Å²) in [6, 6.07) is 12.8. The van der Waals surface area contributed by atoms with Crippen molar-refractivity contribution in [1.82, 2.24) is 4.90 Å². The molecule has 146 valence electrons. The highest BCUT2D eigenvalue weighted by molar-refractivity contribution is 7.87. The summed E-state index contributed by atoms with van der Waals surface area (Å²) in [6.07, 6.45) is 0.862. The van der Waals surface area contributed by atoms with E-state index in [-0.39, 0.29) is 22.6 Å². The summed E-state index contributed by atoms with van der Waals surface area (Å²) in [5.41, 5.74) is 0.902. The molecule has 0 unspecified atom stereocenters. The van der Waals surface area contributed by atoms with Gasteiger partial charge in [0.2, 0.25) is 5.91 Å². The molecular weight excluding hydrogens is 366 g/mol. The van der Waals surface area contributed by atoms with E-state index >= 15 is 0 Å². The Labute approximate surface area is 160 Å². The van der Waals surface area contributed by atoms with Gasteiger partial charge in [-0.1, -0.05) is 19.1 Å². The van der Waals surface area contributed by atoms with E-state index in [0.717, 1.165) is 12.0 Å². The van der Waals surface area contributed by atoms with E-state index in [0.29, 0.717) is 12.3 Å². The van der Waals surface area contributed by atoms with Crippen LogP contribution in [0.4, 0.5) is 0 Å². The molecule has 0 radical (unpaired) electrons. The topological polar surface area (TPSA) is 72.9 Å². The molecule has 0 spiro atoms. The van der Waals surface area contributed by atoms with Crippen LogP contribution < -0.4 is 8.92 Å². The molecule has 0 saturated carbocycles. The second-order valence-electron chi connectivity index (χ2n) is 6.26. The van der Waals surface area contributed by atoms with Crippen molar-refractivity contribution < 1.29 is 22.1 Å². The van der Waals surface area contributed by atoms with Crippen LogP contribution >= 0.6 is 0 Å². The minimum atomic E-state index is -3.93. The van der Waals surface area contributed by atoms with Crippen LogP contribution in [0.1, 0.15) is 32.8 Å². The van der Waals surface area contributed by atoms with Crippen molar-refractivity contribution in [2.75, 3.05) is 7.11 Å². The Bertz CT molecular complexity index is 860. The minimum Gasteiger partial charge on any atom is -0.497 e. The molecule has 2 aromatic carbocycles. The molecule has 27 heavy (non-hydrogen) atoms. The Morgan fingerprint density at radius 1 is 1.04 bits per heavy atom. The Morgan fingerprint density at radius 2 is 1.59 bits per heavy atom. The lowest BCUT2D eigenvalue weighted by molar-refractivity contribution is -0.131. The van der Waals surface area contributed by atoms with Gasteiger partial charge in [0.05, 0.1) is 7.11 Å². The number of hydrogen-bond acceptors (Lipinski definition) is 5. The molecular formula is C20H25NO5S. The summed E-state index contributed by atoms with van der Waals surface area (Å²) in [5.74, 6) is 0.786. The third kappa shape index (κ3) is 5.47. The molecule has 0 N–H and O–H groups in total. The van der Waals surface area contributed by atoms with Crippen LogP contribution in [0.15, 0.2) is 53.4 Å². The number of amides is 1. The van der Waals surface area contributed by atoms with Gasteiger partial charge in [-0.25, -0.2) is 0 Å². The third-order valence-electron chi connectivity index (χ3n) is 4.36. The van der Waals surface area contributed by atoms with Gasteiger partial charge in [-0.2, -0.15) is 8.42 Å². The molecule has 0 fully saturated rings. The summed E-state index contributed by atoms with van der Waals surface area (Å²) in [5, 5.41) is 0. The fraction of sp³-hybridized carbons (Fsp3) is 0.350. The number of rotatable bonds is 8. The van der Waals surface area contributed by atoms with Crippen molar-refractivity contribution in [2.45, 2.75) is 44.7 Å². The average molecular weight is 391 g/mol. The number of carbonyl (C=O) groups is 1. The molecule has 0 saturated heterocycles. The summed E-state index contributed by atoms with van der Waals surface area (Å²) in [7, 11) is -2.42. The van der Waals surface area contributed by atoms with Crippen LogP contribution in [-0.4, -0.2) is 32.4 Å². The van der Waals surface area contributed by atoms with Crippen molar-refractivity contribution in [3.63, 3.8) is 0 Å².